The van der Waals surface area contributed by atoms with E-state index in [1.165, 1.54) is 0 Å². The molecule has 1 aliphatic rings. The van der Waals surface area contributed by atoms with Gasteiger partial charge in [0.2, 0.25) is 0 Å². The lowest BCUT2D eigenvalue weighted by Crippen LogP contribution is -2.27. The number of nitrogens with one attached hydrogen (secondary N) is 1. The fourth-order valence-electron chi connectivity index (χ4n) is 3.57. The van der Waals surface area contributed by atoms with Crippen LogP contribution in [-0.2, 0) is 0 Å². The van der Waals surface area contributed by atoms with Crippen LogP contribution in [0.25, 0.3) is 0 Å². The fraction of sp³-hybridized carbons (Fsp3) is 0.231. The van der Waals surface area contributed by atoms with Crippen LogP contribution in [0.1, 0.15) is 33.6 Å². The average molecular weight is 431 g/mol. The number of para-hydroxylation sites is 1. The van der Waals surface area contributed by atoms with Gasteiger partial charge in [-0.3, -0.25) is 9.59 Å². The summed E-state index contributed by atoms with van der Waals surface area (Å²) < 4.78 is 11.3. The summed E-state index contributed by atoms with van der Waals surface area (Å²) >= 11 is 0. The van der Waals surface area contributed by atoms with Gasteiger partial charge in [-0.05, 0) is 67.4 Å². The Bertz CT molecular complexity index is 1040. The molecule has 0 aromatic heterocycles. The van der Waals surface area contributed by atoms with E-state index in [4.69, 9.17) is 9.47 Å². The van der Waals surface area contributed by atoms with Crippen molar-refractivity contribution in [2.45, 2.75) is 12.8 Å². The summed E-state index contributed by atoms with van der Waals surface area (Å²) in [5.74, 6) is 1.23. The van der Waals surface area contributed by atoms with Crippen LogP contribution in [0.4, 0.5) is 5.69 Å². The summed E-state index contributed by atoms with van der Waals surface area (Å²) in [6.07, 6.45) is 2.09. The molecule has 32 heavy (non-hydrogen) atoms. The fourth-order valence-corrected chi connectivity index (χ4v) is 3.57. The van der Waals surface area contributed by atoms with E-state index >= 15 is 0 Å². The Morgan fingerprint density at radius 2 is 1.41 bits per heavy atom. The van der Waals surface area contributed by atoms with E-state index in [1.54, 1.807) is 48.5 Å². The van der Waals surface area contributed by atoms with Crippen molar-refractivity contribution in [3.05, 3.63) is 90.0 Å². The van der Waals surface area contributed by atoms with E-state index in [0.29, 0.717) is 35.8 Å². The van der Waals surface area contributed by atoms with E-state index in [1.807, 2.05) is 35.2 Å². The molecule has 1 heterocycles. The van der Waals surface area contributed by atoms with Gasteiger partial charge in [0.15, 0.2) is 0 Å². The van der Waals surface area contributed by atoms with E-state index in [0.717, 1.165) is 31.7 Å². The highest BCUT2D eigenvalue weighted by atomic mass is 16.5. The third-order valence-electron chi connectivity index (χ3n) is 5.24. The summed E-state index contributed by atoms with van der Waals surface area (Å²) in [5.41, 5.74) is 1.69. The summed E-state index contributed by atoms with van der Waals surface area (Å²) in [4.78, 5) is 27.0. The Kier molecular flexibility index (Phi) is 7.02. The highest BCUT2D eigenvalue weighted by Gasteiger charge is 2.19. The molecule has 0 saturated carbocycles. The molecule has 0 bridgehead atoms. The van der Waals surface area contributed by atoms with Crippen LogP contribution < -0.4 is 14.8 Å². The molecule has 6 heteroatoms. The van der Waals surface area contributed by atoms with Crippen molar-refractivity contribution in [1.29, 1.82) is 0 Å². The quantitative estimate of drug-likeness (QED) is 0.529. The number of anilines is 1. The van der Waals surface area contributed by atoms with E-state index in [9.17, 15) is 9.59 Å². The monoisotopic (exact) mass is 430 g/mol. The first-order valence-electron chi connectivity index (χ1n) is 10.8. The van der Waals surface area contributed by atoms with Gasteiger partial charge in [0.25, 0.3) is 11.8 Å². The first kappa shape index (κ1) is 21.4. The van der Waals surface area contributed by atoms with Gasteiger partial charge in [-0.15, -0.1) is 0 Å². The molecule has 1 fully saturated rings. The topological polar surface area (TPSA) is 67.9 Å². The zero-order valence-electron chi connectivity index (χ0n) is 17.8. The molecule has 4 rings (SSSR count). The SMILES string of the molecule is O=C(Nc1cccc(C(=O)N2CCCC2)c1)c1ccc(OCCOc2ccccc2)cc1. The van der Waals surface area contributed by atoms with E-state index in [-0.39, 0.29) is 11.8 Å². The van der Waals surface area contributed by atoms with E-state index < -0.39 is 0 Å². The molecular weight excluding hydrogens is 404 g/mol. The van der Waals surface area contributed by atoms with Crippen molar-refractivity contribution in [2.24, 2.45) is 0 Å². The second-order valence-electron chi connectivity index (χ2n) is 7.57. The number of nitrogens with zero attached hydrogens (tertiary/aromatic N) is 1. The minimum absolute atomic E-state index is 0.0105. The lowest BCUT2D eigenvalue weighted by Gasteiger charge is -2.16. The molecule has 0 spiro atoms. The van der Waals surface area contributed by atoms with Crippen LogP contribution in [0.3, 0.4) is 0 Å². The molecule has 0 unspecified atom stereocenters. The molecule has 0 aliphatic carbocycles. The molecule has 2 amide bonds. The van der Waals surface area contributed by atoms with Crippen LogP contribution in [-0.4, -0.2) is 43.0 Å². The molecule has 3 aromatic rings. The van der Waals surface area contributed by atoms with Crippen molar-refractivity contribution in [1.82, 2.24) is 4.90 Å². The van der Waals surface area contributed by atoms with Crippen molar-refractivity contribution in [3.63, 3.8) is 0 Å². The maximum absolute atomic E-state index is 12.6. The van der Waals surface area contributed by atoms with Crippen molar-refractivity contribution in [2.75, 3.05) is 31.6 Å². The molecular formula is C26H26N2O4. The summed E-state index contributed by atoms with van der Waals surface area (Å²) in [5, 5.41) is 2.86. The number of carbonyl (C=O) groups excluding carboxylic acids is 2. The maximum Gasteiger partial charge on any atom is 0.255 e. The van der Waals surface area contributed by atoms with Gasteiger partial charge in [0, 0.05) is 29.9 Å². The largest absolute Gasteiger partial charge is 0.490 e. The Hall–Kier alpha value is -3.80. The van der Waals surface area contributed by atoms with Crippen LogP contribution in [0.2, 0.25) is 0 Å². The average Bonchev–Trinajstić information content (AvgIpc) is 3.38. The van der Waals surface area contributed by atoms with Crippen molar-refractivity contribution >= 4 is 17.5 Å². The summed E-state index contributed by atoms with van der Waals surface area (Å²) in [6.45, 7) is 2.42. The molecule has 6 nitrogen and oxygen atoms in total. The second-order valence-corrected chi connectivity index (χ2v) is 7.57. The number of likely N-dealkylation sites (tertiary alicyclic amines) is 1. The van der Waals surface area contributed by atoms with Crippen molar-refractivity contribution < 1.29 is 19.1 Å². The molecule has 3 aromatic carbocycles. The number of amides is 2. The number of hydrogen-bond acceptors (Lipinski definition) is 4. The lowest BCUT2D eigenvalue weighted by molar-refractivity contribution is 0.0792. The summed E-state index contributed by atoms with van der Waals surface area (Å²) in [7, 11) is 0. The zero-order valence-corrected chi connectivity index (χ0v) is 17.8. The predicted octanol–water partition coefficient (Wildman–Crippen LogP) is 4.63. The Morgan fingerprint density at radius 1 is 0.750 bits per heavy atom. The van der Waals surface area contributed by atoms with Gasteiger partial charge in [0.1, 0.15) is 24.7 Å². The Balaban J connectivity index is 1.28. The van der Waals surface area contributed by atoms with Crippen molar-refractivity contribution in [3.8, 4) is 11.5 Å². The number of benzene rings is 3. The van der Waals surface area contributed by atoms with Gasteiger partial charge >= 0.3 is 0 Å². The third-order valence-corrected chi connectivity index (χ3v) is 5.24. The Morgan fingerprint density at radius 3 is 2.09 bits per heavy atom. The van der Waals surface area contributed by atoms with Crippen LogP contribution in [0.5, 0.6) is 11.5 Å². The maximum atomic E-state index is 12.6. The van der Waals surface area contributed by atoms with Gasteiger partial charge in [-0.25, -0.2) is 0 Å². The standard InChI is InChI=1S/C26H26N2O4/c29-25(27-22-8-6-7-21(19-22)26(30)28-15-4-5-16-28)20-11-13-24(14-12-20)32-18-17-31-23-9-2-1-3-10-23/h1-3,6-14,19H,4-5,15-18H2,(H,27,29). The van der Waals surface area contributed by atoms with Gasteiger partial charge < -0.3 is 19.7 Å². The minimum Gasteiger partial charge on any atom is -0.490 e. The van der Waals surface area contributed by atoms with Crippen LogP contribution in [0, 0.1) is 0 Å². The first-order valence-corrected chi connectivity index (χ1v) is 10.8. The van der Waals surface area contributed by atoms with E-state index in [2.05, 4.69) is 5.32 Å². The second kappa shape index (κ2) is 10.5. The molecule has 0 atom stereocenters. The normalized spacial score (nSPS) is 12.9. The van der Waals surface area contributed by atoms with Gasteiger partial charge in [0.05, 0.1) is 0 Å². The third kappa shape index (κ3) is 5.66. The number of rotatable bonds is 8. The van der Waals surface area contributed by atoms with Gasteiger partial charge in [-0.2, -0.15) is 0 Å². The smallest absolute Gasteiger partial charge is 0.255 e. The number of ether oxygens (including phenoxy) is 2. The predicted molar refractivity (Wildman–Crippen MR) is 123 cm³/mol. The number of hydrogen-bond donors (Lipinski definition) is 1. The molecule has 1 N–H and O–H groups in total. The molecule has 0 radical (unpaired) electrons. The van der Waals surface area contributed by atoms with Gasteiger partial charge in [-0.1, -0.05) is 24.3 Å². The minimum atomic E-state index is -0.241. The molecule has 1 saturated heterocycles. The zero-order chi connectivity index (χ0) is 22.2. The number of carbonyl (C=O) groups is 2. The van der Waals surface area contributed by atoms with Crippen LogP contribution >= 0.6 is 0 Å². The summed E-state index contributed by atoms with van der Waals surface area (Å²) in [6, 6.07) is 23.6. The highest BCUT2D eigenvalue weighted by molar-refractivity contribution is 6.05. The Labute approximate surface area is 187 Å². The van der Waals surface area contributed by atoms with Crippen LogP contribution in [0.15, 0.2) is 78.9 Å². The first-order chi connectivity index (χ1) is 15.7. The molecule has 1 aliphatic heterocycles. The molecule has 164 valence electrons. The lowest BCUT2D eigenvalue weighted by atomic mass is 10.1. The highest BCUT2D eigenvalue weighted by Crippen LogP contribution is 2.18.